The van der Waals surface area contributed by atoms with Crippen LogP contribution in [0.3, 0.4) is 0 Å². The quantitative estimate of drug-likeness (QED) is 0.493. The summed E-state index contributed by atoms with van der Waals surface area (Å²) in [4.78, 5) is 22.1. The summed E-state index contributed by atoms with van der Waals surface area (Å²) in [6, 6.07) is 2.68. The maximum atomic E-state index is 11.5. The van der Waals surface area contributed by atoms with Crippen LogP contribution in [0.25, 0.3) is 0 Å². The Morgan fingerprint density at radius 3 is 2.68 bits per heavy atom. The Hall–Kier alpha value is -1.91. The van der Waals surface area contributed by atoms with Gasteiger partial charge in [0.15, 0.2) is 0 Å². The number of ether oxygens (including phenoxy) is 1. The Labute approximate surface area is 127 Å². The third-order valence-corrected chi connectivity index (χ3v) is 3.96. The van der Waals surface area contributed by atoms with Crippen LogP contribution < -0.4 is 10.0 Å². The van der Waals surface area contributed by atoms with Gasteiger partial charge in [0, 0.05) is 13.7 Å². The first kappa shape index (κ1) is 18.1. The van der Waals surface area contributed by atoms with Gasteiger partial charge in [-0.05, 0) is 18.6 Å². The predicted molar refractivity (Wildman–Crippen MR) is 75.8 cm³/mol. The normalized spacial score (nSPS) is 11.3. The van der Waals surface area contributed by atoms with Gasteiger partial charge in [-0.3, -0.25) is 4.79 Å². The number of carbonyl (C=O) groups is 2. The van der Waals surface area contributed by atoms with Crippen molar-refractivity contribution in [3.05, 3.63) is 23.7 Å². The van der Waals surface area contributed by atoms with Crippen LogP contribution in [-0.4, -0.2) is 51.4 Å². The zero-order chi connectivity index (χ0) is 16.6. The van der Waals surface area contributed by atoms with Crippen molar-refractivity contribution in [1.29, 1.82) is 0 Å². The molecule has 0 spiro atoms. The van der Waals surface area contributed by atoms with E-state index < -0.39 is 28.4 Å². The molecule has 0 saturated heterocycles. The van der Waals surface area contributed by atoms with Gasteiger partial charge in [-0.1, -0.05) is 0 Å². The van der Waals surface area contributed by atoms with Crippen molar-refractivity contribution >= 4 is 21.9 Å². The second-order valence-electron chi connectivity index (χ2n) is 4.33. The van der Waals surface area contributed by atoms with Crippen molar-refractivity contribution < 1.29 is 32.3 Å². The van der Waals surface area contributed by atoms with Gasteiger partial charge in [0.25, 0.3) is 0 Å². The van der Waals surface area contributed by atoms with Crippen LogP contribution in [0.1, 0.15) is 22.7 Å². The zero-order valence-electron chi connectivity index (χ0n) is 12.0. The van der Waals surface area contributed by atoms with Crippen LogP contribution in [0.5, 0.6) is 0 Å². The van der Waals surface area contributed by atoms with E-state index in [2.05, 4.69) is 10.0 Å². The van der Waals surface area contributed by atoms with Crippen molar-refractivity contribution in [2.45, 2.75) is 13.0 Å². The van der Waals surface area contributed by atoms with Crippen LogP contribution in [0.2, 0.25) is 0 Å². The third kappa shape index (κ3) is 6.70. The highest BCUT2D eigenvalue weighted by molar-refractivity contribution is 7.89. The lowest BCUT2D eigenvalue weighted by Crippen LogP contribution is -2.37. The highest BCUT2D eigenvalue weighted by atomic mass is 32.2. The number of sulfonamides is 1. The molecule has 0 fully saturated rings. The molecule has 9 nitrogen and oxygen atoms in total. The van der Waals surface area contributed by atoms with Crippen molar-refractivity contribution in [3.63, 3.8) is 0 Å². The molecule has 0 unspecified atom stereocenters. The number of rotatable bonds is 10. The monoisotopic (exact) mass is 334 g/mol. The molecule has 0 radical (unpaired) electrons. The predicted octanol–water partition coefficient (Wildman–Crippen LogP) is -0.450. The molecule has 0 aliphatic rings. The molecule has 1 heterocycles. The van der Waals surface area contributed by atoms with Crippen LogP contribution in [-0.2, 0) is 26.1 Å². The number of carboxylic acid groups (broad SMARTS) is 1. The maximum absolute atomic E-state index is 11.5. The van der Waals surface area contributed by atoms with E-state index in [0.29, 0.717) is 13.0 Å². The lowest BCUT2D eigenvalue weighted by Gasteiger charge is -2.06. The number of aromatic carboxylic acids is 1. The Morgan fingerprint density at radius 1 is 1.36 bits per heavy atom. The van der Waals surface area contributed by atoms with E-state index in [0.717, 1.165) is 0 Å². The minimum absolute atomic E-state index is 0.0302. The fourth-order valence-corrected chi connectivity index (χ4v) is 2.47. The SMILES string of the molecule is COCCCS(=O)(=O)NCC(=O)NCc1ccc(C(=O)O)o1. The Kier molecular flexibility index (Phi) is 7.02. The van der Waals surface area contributed by atoms with Crippen LogP contribution in [0, 0.1) is 0 Å². The molecule has 0 saturated carbocycles. The minimum Gasteiger partial charge on any atom is -0.475 e. The average Bonchev–Trinajstić information content (AvgIpc) is 2.92. The molecule has 1 aromatic heterocycles. The first-order valence-electron chi connectivity index (χ1n) is 6.39. The van der Waals surface area contributed by atoms with Crippen LogP contribution >= 0.6 is 0 Å². The molecule has 22 heavy (non-hydrogen) atoms. The molecule has 3 N–H and O–H groups in total. The molecule has 10 heteroatoms. The number of carboxylic acids is 1. The van der Waals surface area contributed by atoms with E-state index >= 15 is 0 Å². The van der Waals surface area contributed by atoms with E-state index in [1.165, 1.54) is 19.2 Å². The van der Waals surface area contributed by atoms with Gasteiger partial charge in [-0.25, -0.2) is 17.9 Å². The van der Waals surface area contributed by atoms with Crippen molar-refractivity contribution in [2.75, 3.05) is 26.0 Å². The number of nitrogens with one attached hydrogen (secondary N) is 2. The summed E-state index contributed by atoms with van der Waals surface area (Å²) in [5, 5.41) is 11.1. The van der Waals surface area contributed by atoms with E-state index in [-0.39, 0.29) is 23.8 Å². The molecule has 1 amide bonds. The maximum Gasteiger partial charge on any atom is 0.371 e. The number of amides is 1. The van der Waals surface area contributed by atoms with Crippen molar-refractivity contribution in [3.8, 4) is 0 Å². The molecule has 0 aliphatic carbocycles. The van der Waals surface area contributed by atoms with Gasteiger partial charge < -0.3 is 19.6 Å². The van der Waals surface area contributed by atoms with E-state index in [9.17, 15) is 18.0 Å². The fraction of sp³-hybridized carbons (Fsp3) is 0.500. The molecule has 1 rings (SSSR count). The number of furan rings is 1. The summed E-state index contributed by atoms with van der Waals surface area (Å²) in [6.07, 6.45) is 0.331. The van der Waals surface area contributed by atoms with E-state index in [1.807, 2.05) is 0 Å². The number of hydrogen-bond acceptors (Lipinski definition) is 6. The second kappa shape index (κ2) is 8.51. The van der Waals surface area contributed by atoms with Gasteiger partial charge in [0.05, 0.1) is 18.8 Å². The van der Waals surface area contributed by atoms with Crippen LogP contribution in [0.4, 0.5) is 0 Å². The van der Waals surface area contributed by atoms with Gasteiger partial charge in [0.2, 0.25) is 21.7 Å². The Morgan fingerprint density at radius 2 is 2.09 bits per heavy atom. The highest BCUT2D eigenvalue weighted by Gasteiger charge is 2.13. The minimum atomic E-state index is -3.53. The second-order valence-corrected chi connectivity index (χ2v) is 6.26. The molecule has 0 aliphatic heterocycles. The molecule has 1 aromatic rings. The molecule has 124 valence electrons. The molecule has 0 bridgehead atoms. The summed E-state index contributed by atoms with van der Waals surface area (Å²) in [5.74, 6) is -1.87. The van der Waals surface area contributed by atoms with Gasteiger partial charge in [-0.15, -0.1) is 0 Å². The number of hydrogen-bond donors (Lipinski definition) is 3. The smallest absolute Gasteiger partial charge is 0.371 e. The van der Waals surface area contributed by atoms with Crippen molar-refractivity contribution in [1.82, 2.24) is 10.0 Å². The number of methoxy groups -OCH3 is 1. The van der Waals surface area contributed by atoms with E-state index in [4.69, 9.17) is 14.3 Å². The van der Waals surface area contributed by atoms with E-state index in [1.54, 1.807) is 0 Å². The first-order valence-corrected chi connectivity index (χ1v) is 8.04. The summed E-state index contributed by atoms with van der Waals surface area (Å²) in [6.45, 7) is -0.114. The fourth-order valence-electron chi connectivity index (χ4n) is 1.48. The summed E-state index contributed by atoms with van der Waals surface area (Å²) < 4.78 is 34.9. The Bertz CT molecular complexity index is 609. The number of carbonyl (C=O) groups excluding carboxylic acids is 1. The molecular formula is C12H18N2O7S. The standard InChI is InChI=1S/C12H18N2O7S/c1-20-5-2-6-22(18,19)14-8-11(15)13-7-9-3-4-10(21-9)12(16)17/h3-4,14H,2,5-8H2,1H3,(H,13,15)(H,16,17). The summed E-state index contributed by atoms with van der Waals surface area (Å²) in [7, 11) is -2.06. The molecule has 0 atom stereocenters. The average molecular weight is 334 g/mol. The van der Waals surface area contributed by atoms with Crippen molar-refractivity contribution in [2.24, 2.45) is 0 Å². The first-order chi connectivity index (χ1) is 10.3. The molecular weight excluding hydrogens is 316 g/mol. The van der Waals surface area contributed by atoms with Crippen LogP contribution in [0.15, 0.2) is 16.5 Å². The molecule has 0 aromatic carbocycles. The zero-order valence-corrected chi connectivity index (χ0v) is 12.8. The lowest BCUT2D eigenvalue weighted by molar-refractivity contribution is -0.120. The lowest BCUT2D eigenvalue weighted by atomic mass is 10.4. The summed E-state index contributed by atoms with van der Waals surface area (Å²) >= 11 is 0. The summed E-state index contributed by atoms with van der Waals surface area (Å²) in [5.41, 5.74) is 0. The topological polar surface area (TPSA) is 135 Å². The van der Waals surface area contributed by atoms with Gasteiger partial charge in [0.1, 0.15) is 5.76 Å². The third-order valence-electron chi connectivity index (χ3n) is 2.55. The van der Waals surface area contributed by atoms with Gasteiger partial charge in [-0.2, -0.15) is 0 Å². The highest BCUT2D eigenvalue weighted by Crippen LogP contribution is 2.07. The largest absolute Gasteiger partial charge is 0.475 e. The Balaban J connectivity index is 2.32. The van der Waals surface area contributed by atoms with Gasteiger partial charge >= 0.3 is 5.97 Å².